The van der Waals surface area contributed by atoms with Crippen LogP contribution in [0.15, 0.2) is 23.4 Å². The Hall–Kier alpha value is 0.830. The van der Waals surface area contributed by atoms with Crippen LogP contribution in [0.2, 0.25) is 0 Å². The normalized spacial score (nSPS) is 15.4. The molecule has 0 saturated carbocycles. The highest BCUT2D eigenvalue weighted by atomic mass is 127. The molecule has 2 heterocycles. The minimum Gasteiger partial charge on any atom is -0.293 e. The zero-order chi connectivity index (χ0) is 12.6. The standard InChI is InChI=1S/C13H19IN2S2.ClH/c14-12-4-5-13(15-10-12)18-8-3-1-2-6-16-7-9-17-11-16;/h4-5,10H,1-3,6-9,11H2;1H. The van der Waals surface area contributed by atoms with E-state index in [0.717, 1.165) is 5.03 Å². The van der Waals surface area contributed by atoms with E-state index in [0.29, 0.717) is 0 Å². The molecule has 0 amide bonds. The lowest BCUT2D eigenvalue weighted by Gasteiger charge is -2.12. The fourth-order valence-electron chi connectivity index (χ4n) is 1.87. The zero-order valence-electron chi connectivity index (χ0n) is 10.9. The van der Waals surface area contributed by atoms with Crippen LogP contribution < -0.4 is 0 Å². The summed E-state index contributed by atoms with van der Waals surface area (Å²) in [7, 11) is 0. The van der Waals surface area contributed by atoms with E-state index in [-0.39, 0.29) is 12.4 Å². The number of hydrogen-bond donors (Lipinski definition) is 0. The first-order valence-electron chi connectivity index (χ1n) is 6.39. The second-order valence-electron chi connectivity index (χ2n) is 4.38. The Morgan fingerprint density at radius 3 is 2.89 bits per heavy atom. The summed E-state index contributed by atoms with van der Waals surface area (Å²) in [5.74, 6) is 3.78. The van der Waals surface area contributed by atoms with Crippen LogP contribution in [0.4, 0.5) is 0 Å². The molecule has 2 rings (SSSR count). The van der Waals surface area contributed by atoms with E-state index in [4.69, 9.17) is 0 Å². The summed E-state index contributed by atoms with van der Waals surface area (Å²) in [5.41, 5.74) is 0. The minimum atomic E-state index is 0. The topological polar surface area (TPSA) is 16.1 Å². The van der Waals surface area contributed by atoms with E-state index in [2.05, 4.69) is 56.4 Å². The lowest BCUT2D eigenvalue weighted by Crippen LogP contribution is -2.20. The van der Waals surface area contributed by atoms with Crippen LogP contribution in [0.5, 0.6) is 0 Å². The largest absolute Gasteiger partial charge is 0.293 e. The molecule has 0 radical (unpaired) electrons. The number of aromatic nitrogens is 1. The van der Waals surface area contributed by atoms with Crippen molar-refractivity contribution in [3.05, 3.63) is 21.9 Å². The molecule has 0 atom stereocenters. The maximum Gasteiger partial charge on any atom is 0.0960 e. The molecule has 0 unspecified atom stereocenters. The molecule has 0 N–H and O–H groups in total. The van der Waals surface area contributed by atoms with Gasteiger partial charge in [-0.25, -0.2) is 4.98 Å². The van der Waals surface area contributed by atoms with Gasteiger partial charge in [0.15, 0.2) is 0 Å². The van der Waals surface area contributed by atoms with Crippen molar-refractivity contribution in [1.82, 2.24) is 9.88 Å². The Labute approximate surface area is 144 Å². The molecule has 108 valence electrons. The van der Waals surface area contributed by atoms with Crippen LogP contribution in [0.25, 0.3) is 0 Å². The fraction of sp³-hybridized carbons (Fsp3) is 0.615. The van der Waals surface area contributed by atoms with Gasteiger partial charge >= 0.3 is 0 Å². The summed E-state index contributed by atoms with van der Waals surface area (Å²) in [6.45, 7) is 2.59. The first kappa shape index (κ1) is 17.9. The van der Waals surface area contributed by atoms with Crippen molar-refractivity contribution in [1.29, 1.82) is 0 Å². The molecule has 19 heavy (non-hydrogen) atoms. The molecule has 1 aliphatic heterocycles. The van der Waals surface area contributed by atoms with E-state index in [1.807, 2.05) is 18.0 Å². The number of thioether (sulfide) groups is 2. The predicted octanol–water partition coefficient (Wildman–Crippen LogP) is 4.38. The molecular weight excluding hydrogens is 411 g/mol. The maximum atomic E-state index is 4.40. The van der Waals surface area contributed by atoms with Gasteiger partial charge in [0.25, 0.3) is 0 Å². The van der Waals surface area contributed by atoms with E-state index in [1.54, 1.807) is 0 Å². The van der Waals surface area contributed by atoms with Gasteiger partial charge in [-0.3, -0.25) is 4.90 Å². The monoisotopic (exact) mass is 430 g/mol. The Morgan fingerprint density at radius 2 is 2.21 bits per heavy atom. The zero-order valence-corrected chi connectivity index (χ0v) is 15.5. The van der Waals surface area contributed by atoms with Gasteiger partial charge in [0.2, 0.25) is 0 Å². The molecule has 0 bridgehead atoms. The lowest BCUT2D eigenvalue weighted by atomic mass is 10.2. The lowest BCUT2D eigenvalue weighted by molar-refractivity contribution is 0.346. The highest BCUT2D eigenvalue weighted by Gasteiger charge is 2.10. The molecule has 1 fully saturated rings. The van der Waals surface area contributed by atoms with Crippen molar-refractivity contribution >= 4 is 58.5 Å². The van der Waals surface area contributed by atoms with Crippen molar-refractivity contribution < 1.29 is 0 Å². The van der Waals surface area contributed by atoms with Crippen LogP contribution in [-0.2, 0) is 0 Å². The van der Waals surface area contributed by atoms with Crippen LogP contribution in [0.3, 0.4) is 0 Å². The molecule has 0 spiro atoms. The van der Waals surface area contributed by atoms with Gasteiger partial charge in [-0.05, 0) is 59.9 Å². The summed E-state index contributed by atoms with van der Waals surface area (Å²) in [6.07, 6.45) is 5.94. The van der Waals surface area contributed by atoms with E-state index in [9.17, 15) is 0 Å². The average Bonchev–Trinajstić information content (AvgIpc) is 2.89. The average molecular weight is 431 g/mol. The third kappa shape index (κ3) is 7.41. The van der Waals surface area contributed by atoms with Crippen LogP contribution in [0.1, 0.15) is 19.3 Å². The van der Waals surface area contributed by atoms with Crippen molar-refractivity contribution in [2.45, 2.75) is 24.3 Å². The molecular formula is C13H20ClIN2S2. The molecule has 1 aromatic heterocycles. The molecule has 2 nitrogen and oxygen atoms in total. The van der Waals surface area contributed by atoms with Crippen LogP contribution in [0, 0.1) is 3.57 Å². The molecule has 6 heteroatoms. The van der Waals surface area contributed by atoms with E-state index < -0.39 is 0 Å². The Bertz CT molecular complexity index is 345. The summed E-state index contributed by atoms with van der Waals surface area (Å²) in [4.78, 5) is 6.97. The summed E-state index contributed by atoms with van der Waals surface area (Å²) in [5, 5.41) is 1.16. The van der Waals surface area contributed by atoms with Crippen molar-refractivity contribution in [2.75, 3.05) is 30.5 Å². The number of hydrogen-bond acceptors (Lipinski definition) is 4. The first-order valence-corrected chi connectivity index (χ1v) is 9.61. The van der Waals surface area contributed by atoms with Crippen LogP contribution >= 0.6 is 58.5 Å². The highest BCUT2D eigenvalue weighted by Crippen LogP contribution is 2.18. The van der Waals surface area contributed by atoms with E-state index >= 15 is 0 Å². The SMILES string of the molecule is Cl.Ic1ccc(SCCCCCN2CCSC2)nc1. The quantitative estimate of drug-likeness (QED) is 0.362. The number of nitrogens with zero attached hydrogens (tertiary/aromatic N) is 2. The summed E-state index contributed by atoms with van der Waals surface area (Å²) < 4.78 is 1.21. The van der Waals surface area contributed by atoms with Gasteiger partial charge < -0.3 is 0 Å². The third-order valence-electron chi connectivity index (χ3n) is 2.89. The van der Waals surface area contributed by atoms with Gasteiger partial charge in [-0.15, -0.1) is 35.9 Å². The smallest absolute Gasteiger partial charge is 0.0960 e. The molecule has 0 aromatic carbocycles. The van der Waals surface area contributed by atoms with Gasteiger partial charge in [0.05, 0.1) is 5.03 Å². The predicted molar refractivity (Wildman–Crippen MR) is 97.7 cm³/mol. The first-order chi connectivity index (χ1) is 8.84. The number of halogens is 2. The second-order valence-corrected chi connectivity index (χ2v) is 7.81. The summed E-state index contributed by atoms with van der Waals surface area (Å²) in [6, 6.07) is 4.24. The Kier molecular flexibility index (Phi) is 9.92. The van der Waals surface area contributed by atoms with Crippen molar-refractivity contribution in [3.8, 4) is 0 Å². The van der Waals surface area contributed by atoms with Gasteiger partial charge in [-0.1, -0.05) is 6.42 Å². The van der Waals surface area contributed by atoms with Gasteiger partial charge in [0, 0.05) is 27.9 Å². The maximum absolute atomic E-state index is 4.40. The Balaban J connectivity index is 0.00000180. The number of rotatable bonds is 7. The molecule has 1 saturated heterocycles. The second kappa shape index (κ2) is 10.5. The Morgan fingerprint density at radius 1 is 1.32 bits per heavy atom. The number of pyridine rings is 1. The van der Waals surface area contributed by atoms with Crippen LogP contribution in [-0.4, -0.2) is 40.4 Å². The molecule has 1 aliphatic rings. The number of unbranched alkanes of at least 4 members (excludes halogenated alkanes) is 2. The third-order valence-corrected chi connectivity index (χ3v) is 5.58. The minimum absolute atomic E-state index is 0. The molecule has 1 aromatic rings. The highest BCUT2D eigenvalue weighted by molar-refractivity contribution is 14.1. The van der Waals surface area contributed by atoms with Gasteiger partial charge in [-0.2, -0.15) is 0 Å². The fourth-order valence-corrected chi connectivity index (χ4v) is 4.07. The van der Waals surface area contributed by atoms with Crippen molar-refractivity contribution in [3.63, 3.8) is 0 Å². The van der Waals surface area contributed by atoms with Crippen molar-refractivity contribution in [2.24, 2.45) is 0 Å². The summed E-state index contributed by atoms with van der Waals surface area (Å²) >= 11 is 6.23. The molecule has 0 aliphatic carbocycles. The van der Waals surface area contributed by atoms with Gasteiger partial charge in [0.1, 0.15) is 0 Å². The van der Waals surface area contributed by atoms with E-state index in [1.165, 1.54) is 53.3 Å².